The lowest BCUT2D eigenvalue weighted by atomic mass is 10.1. The van der Waals surface area contributed by atoms with Crippen molar-refractivity contribution in [1.82, 2.24) is 9.88 Å². The van der Waals surface area contributed by atoms with Gasteiger partial charge in [-0.2, -0.15) is 0 Å². The molecule has 0 N–H and O–H groups in total. The highest BCUT2D eigenvalue weighted by Gasteiger charge is 2.22. The fourth-order valence-corrected chi connectivity index (χ4v) is 4.30. The molecular weight excluding hydrogens is 355 g/mol. The summed E-state index contributed by atoms with van der Waals surface area (Å²) in [4.78, 5) is 6.93. The molecule has 0 radical (unpaired) electrons. The van der Waals surface area contributed by atoms with Crippen molar-refractivity contribution in [2.45, 2.75) is 38.3 Å². The zero-order valence-electron chi connectivity index (χ0n) is 15.1. The zero-order chi connectivity index (χ0) is 18.1. The highest BCUT2D eigenvalue weighted by molar-refractivity contribution is 6.36. The Morgan fingerprint density at radius 1 is 1.31 bits per heavy atom. The molecule has 0 bridgehead atoms. The molecule has 2 aromatic rings. The van der Waals surface area contributed by atoms with E-state index >= 15 is 0 Å². The molecule has 26 heavy (non-hydrogen) atoms. The van der Waals surface area contributed by atoms with Gasteiger partial charge in [0.1, 0.15) is 6.17 Å². The fraction of sp³-hybridized carbons (Fsp3) is 0.550. The van der Waals surface area contributed by atoms with Gasteiger partial charge >= 0.3 is 0 Å². The van der Waals surface area contributed by atoms with Gasteiger partial charge in [-0.05, 0) is 43.7 Å². The monoisotopic (exact) mass is 378 g/mol. The maximum Gasteiger partial charge on any atom is 0.163 e. The van der Waals surface area contributed by atoms with Gasteiger partial charge in [0.2, 0.25) is 0 Å². The lowest BCUT2D eigenvalue weighted by Gasteiger charge is -2.16. The minimum absolute atomic E-state index is 0.548. The van der Waals surface area contributed by atoms with E-state index in [0.717, 1.165) is 60.4 Å². The quantitative estimate of drug-likeness (QED) is 0.706. The number of methoxy groups -OCH3 is 1. The Bertz CT molecular complexity index is 814. The summed E-state index contributed by atoms with van der Waals surface area (Å²) in [6.45, 7) is 2.81. The molecule has 0 unspecified atom stereocenters. The molecule has 2 aliphatic rings. The predicted octanol–water partition coefficient (Wildman–Crippen LogP) is 4.20. The number of aryl methyl sites for hydroxylation is 1. The van der Waals surface area contributed by atoms with Gasteiger partial charge in [-0.25, -0.2) is 4.39 Å². The van der Waals surface area contributed by atoms with Gasteiger partial charge in [0, 0.05) is 36.8 Å². The summed E-state index contributed by atoms with van der Waals surface area (Å²) in [6.07, 6.45) is 3.92. The van der Waals surface area contributed by atoms with E-state index in [4.69, 9.17) is 26.1 Å². The van der Waals surface area contributed by atoms with Crippen LogP contribution in [0.2, 0.25) is 5.02 Å². The fourth-order valence-electron chi connectivity index (χ4n) is 3.94. The van der Waals surface area contributed by atoms with Crippen molar-refractivity contribution >= 4 is 22.5 Å². The van der Waals surface area contributed by atoms with Gasteiger partial charge in [-0.3, -0.25) is 4.98 Å². The lowest BCUT2D eigenvalue weighted by Crippen LogP contribution is -2.23. The number of alkyl halides is 1. The van der Waals surface area contributed by atoms with Crippen LogP contribution in [-0.2, 0) is 12.8 Å². The molecule has 1 fully saturated rings. The maximum absolute atomic E-state index is 13.2. The normalized spacial score (nSPS) is 19.9. The molecule has 1 atom stereocenters. The van der Waals surface area contributed by atoms with Crippen molar-refractivity contribution in [2.75, 3.05) is 33.4 Å². The number of halogens is 2. The first-order valence-corrected chi connectivity index (χ1v) is 9.71. The van der Waals surface area contributed by atoms with E-state index in [9.17, 15) is 4.39 Å². The molecule has 0 amide bonds. The Balaban J connectivity index is 1.48. The van der Waals surface area contributed by atoms with Crippen LogP contribution in [0.15, 0.2) is 12.1 Å². The molecule has 1 aliphatic carbocycles. The molecule has 1 aromatic heterocycles. The molecule has 6 heteroatoms. The molecular formula is C20H24ClFN2O2. The van der Waals surface area contributed by atoms with Crippen molar-refractivity contribution in [2.24, 2.45) is 0 Å². The zero-order valence-corrected chi connectivity index (χ0v) is 15.8. The van der Waals surface area contributed by atoms with Gasteiger partial charge in [0.15, 0.2) is 11.5 Å². The van der Waals surface area contributed by atoms with E-state index in [2.05, 4.69) is 4.90 Å². The maximum atomic E-state index is 13.2. The molecule has 1 saturated heterocycles. The number of nitrogens with zero attached hydrogens (tertiary/aromatic N) is 2. The number of hydrogen-bond donors (Lipinski definition) is 0. The summed E-state index contributed by atoms with van der Waals surface area (Å²) in [6, 6.07) is 3.85. The number of fused-ring (bicyclic) bond motifs is 2. The van der Waals surface area contributed by atoms with E-state index in [1.165, 1.54) is 5.56 Å². The van der Waals surface area contributed by atoms with Gasteiger partial charge in [-0.15, -0.1) is 0 Å². The van der Waals surface area contributed by atoms with Crippen molar-refractivity contribution < 1.29 is 13.9 Å². The van der Waals surface area contributed by atoms with Gasteiger partial charge in [0.05, 0.1) is 24.3 Å². The first kappa shape index (κ1) is 17.8. The molecule has 4 rings (SSSR count). The summed E-state index contributed by atoms with van der Waals surface area (Å²) in [5.41, 5.74) is 3.13. The average molecular weight is 379 g/mol. The Hall–Kier alpha value is -1.59. The van der Waals surface area contributed by atoms with Crippen LogP contribution in [0.4, 0.5) is 4.39 Å². The first-order valence-electron chi connectivity index (χ1n) is 9.34. The molecule has 2 heterocycles. The SMILES string of the molecule is COc1cc2c(Cl)c3c(nc2cc1OCCCN1CC[C@@H](F)C1)CCC3. The molecule has 1 aromatic carbocycles. The molecule has 0 spiro atoms. The summed E-state index contributed by atoms with van der Waals surface area (Å²) >= 11 is 6.61. The second kappa shape index (κ2) is 7.57. The lowest BCUT2D eigenvalue weighted by molar-refractivity contribution is 0.243. The van der Waals surface area contributed by atoms with Crippen LogP contribution in [0.5, 0.6) is 11.5 Å². The Kier molecular flexibility index (Phi) is 5.18. The Morgan fingerprint density at radius 2 is 2.19 bits per heavy atom. The van der Waals surface area contributed by atoms with Crippen LogP contribution in [0.25, 0.3) is 10.9 Å². The second-order valence-electron chi connectivity index (χ2n) is 7.11. The van der Waals surface area contributed by atoms with Crippen LogP contribution < -0.4 is 9.47 Å². The van der Waals surface area contributed by atoms with E-state index < -0.39 is 6.17 Å². The van der Waals surface area contributed by atoms with E-state index in [1.807, 2.05) is 12.1 Å². The number of ether oxygens (including phenoxy) is 2. The summed E-state index contributed by atoms with van der Waals surface area (Å²) in [5, 5.41) is 1.71. The Labute approximate surface area is 158 Å². The number of benzene rings is 1. The number of rotatable bonds is 6. The summed E-state index contributed by atoms with van der Waals surface area (Å²) < 4.78 is 24.7. The number of likely N-dealkylation sites (tertiary alicyclic amines) is 1. The standard InChI is InChI=1S/C20H24ClFN2O2/c1-25-18-10-15-17(23-16-5-2-4-14(16)20(15)21)11-19(18)26-9-3-7-24-8-6-13(22)12-24/h10-11,13H,2-9,12H2,1H3/t13-/m1/s1. The van der Waals surface area contributed by atoms with Crippen molar-refractivity contribution in [3.8, 4) is 11.5 Å². The van der Waals surface area contributed by atoms with Gasteiger partial charge in [-0.1, -0.05) is 11.6 Å². The third-order valence-electron chi connectivity index (χ3n) is 5.32. The topological polar surface area (TPSA) is 34.6 Å². The van der Waals surface area contributed by atoms with Crippen LogP contribution in [0.3, 0.4) is 0 Å². The molecule has 1 aliphatic heterocycles. The minimum Gasteiger partial charge on any atom is -0.493 e. The van der Waals surface area contributed by atoms with Crippen LogP contribution in [0, 0.1) is 0 Å². The van der Waals surface area contributed by atoms with E-state index in [1.54, 1.807) is 7.11 Å². The van der Waals surface area contributed by atoms with Crippen molar-refractivity contribution in [3.05, 3.63) is 28.4 Å². The summed E-state index contributed by atoms with van der Waals surface area (Å²) in [5.74, 6) is 1.36. The summed E-state index contributed by atoms with van der Waals surface area (Å²) in [7, 11) is 1.63. The molecule has 0 saturated carbocycles. The van der Waals surface area contributed by atoms with E-state index in [0.29, 0.717) is 31.1 Å². The van der Waals surface area contributed by atoms with E-state index in [-0.39, 0.29) is 0 Å². The minimum atomic E-state index is -0.672. The molecule has 4 nitrogen and oxygen atoms in total. The van der Waals surface area contributed by atoms with Gasteiger partial charge < -0.3 is 14.4 Å². The second-order valence-corrected chi connectivity index (χ2v) is 7.49. The number of aromatic nitrogens is 1. The highest BCUT2D eigenvalue weighted by Crippen LogP contribution is 2.39. The van der Waals surface area contributed by atoms with Crippen LogP contribution in [-0.4, -0.2) is 49.4 Å². The number of pyridine rings is 1. The predicted molar refractivity (Wildman–Crippen MR) is 101 cm³/mol. The third kappa shape index (κ3) is 3.47. The largest absolute Gasteiger partial charge is 0.493 e. The number of hydrogen-bond acceptors (Lipinski definition) is 4. The smallest absolute Gasteiger partial charge is 0.163 e. The third-order valence-corrected chi connectivity index (χ3v) is 5.75. The van der Waals surface area contributed by atoms with Crippen LogP contribution in [0.1, 0.15) is 30.5 Å². The average Bonchev–Trinajstić information content (AvgIpc) is 3.27. The Morgan fingerprint density at radius 3 is 2.96 bits per heavy atom. The van der Waals surface area contributed by atoms with Gasteiger partial charge in [0.25, 0.3) is 0 Å². The highest BCUT2D eigenvalue weighted by atomic mass is 35.5. The van der Waals surface area contributed by atoms with Crippen molar-refractivity contribution in [1.29, 1.82) is 0 Å². The van der Waals surface area contributed by atoms with Crippen LogP contribution >= 0.6 is 11.6 Å². The molecule has 140 valence electrons. The van der Waals surface area contributed by atoms with Crippen molar-refractivity contribution in [3.63, 3.8) is 0 Å². The first-order chi connectivity index (χ1) is 12.7.